The first-order chi connectivity index (χ1) is 11.4. The number of anilines is 1. The van der Waals surface area contributed by atoms with Gasteiger partial charge in [-0.15, -0.1) is 0 Å². The van der Waals surface area contributed by atoms with Crippen molar-refractivity contribution in [1.82, 2.24) is 14.5 Å². The minimum absolute atomic E-state index is 0.0102. The SMILES string of the molecule is Cc1ccc(S(=O)(=O)NCC2CN(c3ccnn3C)C(=O)O2)cc1. The Hall–Kier alpha value is -2.39. The van der Waals surface area contributed by atoms with Gasteiger partial charge in [-0.05, 0) is 19.1 Å². The molecule has 24 heavy (non-hydrogen) atoms. The van der Waals surface area contributed by atoms with E-state index < -0.39 is 22.2 Å². The quantitative estimate of drug-likeness (QED) is 0.869. The number of carbonyl (C=O) groups is 1. The second-order valence-electron chi connectivity index (χ2n) is 5.59. The van der Waals surface area contributed by atoms with Gasteiger partial charge in [0.25, 0.3) is 0 Å². The Morgan fingerprint density at radius 2 is 2.00 bits per heavy atom. The largest absolute Gasteiger partial charge is 0.442 e. The van der Waals surface area contributed by atoms with E-state index in [-0.39, 0.29) is 18.0 Å². The number of hydrogen-bond donors (Lipinski definition) is 1. The molecule has 128 valence electrons. The normalized spacial score (nSPS) is 18.0. The highest BCUT2D eigenvalue weighted by molar-refractivity contribution is 7.89. The third-order valence-corrected chi connectivity index (χ3v) is 5.22. The zero-order valence-electron chi connectivity index (χ0n) is 13.3. The van der Waals surface area contributed by atoms with Crippen LogP contribution in [0.3, 0.4) is 0 Å². The summed E-state index contributed by atoms with van der Waals surface area (Å²) in [6.45, 7) is 2.15. The van der Waals surface area contributed by atoms with E-state index in [1.165, 1.54) is 4.90 Å². The fourth-order valence-electron chi connectivity index (χ4n) is 2.45. The lowest BCUT2D eigenvalue weighted by molar-refractivity contribution is 0.143. The number of cyclic esters (lactones) is 1. The monoisotopic (exact) mass is 350 g/mol. The van der Waals surface area contributed by atoms with Crippen molar-refractivity contribution in [3.8, 4) is 0 Å². The third kappa shape index (κ3) is 3.26. The standard InChI is InChI=1S/C15H18N4O4S/c1-11-3-5-13(6-4-11)24(21,22)17-9-12-10-19(15(20)23-12)14-7-8-16-18(14)2/h3-8,12,17H,9-10H2,1-2H3. The Balaban J connectivity index is 1.64. The maximum Gasteiger partial charge on any atom is 0.415 e. The van der Waals surface area contributed by atoms with Gasteiger partial charge in [-0.1, -0.05) is 17.7 Å². The molecule has 1 N–H and O–H groups in total. The molecule has 1 unspecified atom stereocenters. The van der Waals surface area contributed by atoms with Crippen LogP contribution in [0.2, 0.25) is 0 Å². The van der Waals surface area contributed by atoms with Gasteiger partial charge in [0.1, 0.15) is 11.9 Å². The number of amides is 1. The van der Waals surface area contributed by atoms with E-state index in [4.69, 9.17) is 4.74 Å². The van der Waals surface area contributed by atoms with Crippen molar-refractivity contribution in [2.45, 2.75) is 17.9 Å². The lowest BCUT2D eigenvalue weighted by Crippen LogP contribution is -2.34. The third-order valence-electron chi connectivity index (χ3n) is 3.78. The predicted octanol–water partition coefficient (Wildman–Crippen LogP) is 1.03. The number of nitrogens with zero attached hydrogens (tertiary/aromatic N) is 3. The Kier molecular flexibility index (Phi) is 4.29. The van der Waals surface area contributed by atoms with Crippen LogP contribution in [0.25, 0.3) is 0 Å². The molecule has 1 aromatic carbocycles. The lowest BCUT2D eigenvalue weighted by atomic mass is 10.2. The van der Waals surface area contributed by atoms with Gasteiger partial charge in [-0.2, -0.15) is 5.10 Å². The van der Waals surface area contributed by atoms with Crippen LogP contribution in [0.1, 0.15) is 5.56 Å². The topological polar surface area (TPSA) is 93.5 Å². The molecule has 0 radical (unpaired) electrons. The minimum Gasteiger partial charge on any atom is -0.442 e. The van der Waals surface area contributed by atoms with Crippen LogP contribution in [0.15, 0.2) is 41.4 Å². The van der Waals surface area contributed by atoms with Crippen molar-refractivity contribution >= 4 is 21.9 Å². The van der Waals surface area contributed by atoms with Crippen molar-refractivity contribution in [2.24, 2.45) is 7.05 Å². The van der Waals surface area contributed by atoms with Crippen LogP contribution in [0.5, 0.6) is 0 Å². The van der Waals surface area contributed by atoms with Gasteiger partial charge < -0.3 is 4.74 Å². The van der Waals surface area contributed by atoms with E-state index in [1.54, 1.807) is 48.3 Å². The molecule has 0 saturated carbocycles. The highest BCUT2D eigenvalue weighted by Gasteiger charge is 2.34. The molecule has 9 heteroatoms. The molecule has 8 nitrogen and oxygen atoms in total. The zero-order chi connectivity index (χ0) is 17.3. The van der Waals surface area contributed by atoms with Crippen LogP contribution < -0.4 is 9.62 Å². The van der Waals surface area contributed by atoms with Gasteiger partial charge in [0.15, 0.2) is 0 Å². The number of nitrogens with one attached hydrogen (secondary N) is 1. The number of aromatic nitrogens is 2. The smallest absolute Gasteiger partial charge is 0.415 e. The second-order valence-corrected chi connectivity index (χ2v) is 7.36. The molecule has 1 saturated heterocycles. The highest BCUT2D eigenvalue weighted by atomic mass is 32.2. The van der Waals surface area contributed by atoms with Gasteiger partial charge in [0.05, 0.1) is 17.6 Å². The Morgan fingerprint density at radius 3 is 2.62 bits per heavy atom. The van der Waals surface area contributed by atoms with Crippen LogP contribution in [-0.4, -0.2) is 43.5 Å². The number of benzene rings is 1. The van der Waals surface area contributed by atoms with Crippen molar-refractivity contribution < 1.29 is 17.9 Å². The van der Waals surface area contributed by atoms with Crippen LogP contribution >= 0.6 is 0 Å². The molecule has 2 aromatic rings. The molecule has 1 aromatic heterocycles. The molecule has 0 aliphatic carbocycles. The molecular weight excluding hydrogens is 332 g/mol. The van der Waals surface area contributed by atoms with Gasteiger partial charge in [-0.3, -0.25) is 9.58 Å². The Labute approximate surface area is 140 Å². The van der Waals surface area contributed by atoms with E-state index in [0.29, 0.717) is 5.82 Å². The van der Waals surface area contributed by atoms with Gasteiger partial charge in [0.2, 0.25) is 10.0 Å². The molecule has 0 spiro atoms. The summed E-state index contributed by atoms with van der Waals surface area (Å²) < 4.78 is 33.8. The maximum absolute atomic E-state index is 12.3. The number of hydrogen-bond acceptors (Lipinski definition) is 5. The number of carbonyl (C=O) groups excluding carboxylic acids is 1. The zero-order valence-corrected chi connectivity index (χ0v) is 14.2. The lowest BCUT2D eigenvalue weighted by Gasteiger charge is -2.13. The fraction of sp³-hybridized carbons (Fsp3) is 0.333. The molecule has 0 bridgehead atoms. The number of aryl methyl sites for hydroxylation is 2. The van der Waals surface area contributed by atoms with Crippen molar-refractivity contribution in [3.63, 3.8) is 0 Å². The molecule has 3 rings (SSSR count). The molecule has 1 atom stereocenters. The summed E-state index contributed by atoms with van der Waals surface area (Å²) in [5, 5.41) is 4.01. The molecule has 1 amide bonds. The average molecular weight is 350 g/mol. The summed E-state index contributed by atoms with van der Waals surface area (Å²) in [4.78, 5) is 13.6. The minimum atomic E-state index is -3.64. The van der Waals surface area contributed by atoms with Crippen LogP contribution in [0.4, 0.5) is 10.6 Å². The maximum atomic E-state index is 12.3. The van der Waals surface area contributed by atoms with E-state index in [0.717, 1.165) is 5.56 Å². The van der Waals surface area contributed by atoms with Gasteiger partial charge >= 0.3 is 6.09 Å². The fourth-order valence-corrected chi connectivity index (χ4v) is 3.52. The van der Waals surface area contributed by atoms with Crippen molar-refractivity contribution in [2.75, 3.05) is 18.0 Å². The Morgan fingerprint density at radius 1 is 1.29 bits per heavy atom. The number of rotatable bonds is 5. The van der Waals surface area contributed by atoms with Crippen LogP contribution in [0, 0.1) is 6.92 Å². The van der Waals surface area contributed by atoms with E-state index in [1.807, 2.05) is 6.92 Å². The Bertz CT molecular complexity index is 845. The van der Waals surface area contributed by atoms with E-state index in [9.17, 15) is 13.2 Å². The first-order valence-corrected chi connectivity index (χ1v) is 8.87. The summed E-state index contributed by atoms with van der Waals surface area (Å²) >= 11 is 0. The van der Waals surface area contributed by atoms with Crippen LogP contribution in [-0.2, 0) is 21.8 Å². The summed E-state index contributed by atoms with van der Waals surface area (Å²) in [6, 6.07) is 8.24. The summed E-state index contributed by atoms with van der Waals surface area (Å²) in [6.07, 6.45) is 0.501. The van der Waals surface area contributed by atoms with E-state index in [2.05, 4.69) is 9.82 Å². The molecule has 1 aliphatic rings. The summed E-state index contributed by atoms with van der Waals surface area (Å²) in [5.74, 6) is 0.601. The summed E-state index contributed by atoms with van der Waals surface area (Å²) in [5.41, 5.74) is 0.977. The van der Waals surface area contributed by atoms with Gasteiger partial charge in [-0.25, -0.2) is 17.9 Å². The van der Waals surface area contributed by atoms with Gasteiger partial charge in [0, 0.05) is 19.7 Å². The predicted molar refractivity (Wildman–Crippen MR) is 87.2 cm³/mol. The molecule has 1 fully saturated rings. The number of ether oxygens (including phenoxy) is 1. The van der Waals surface area contributed by atoms with Crippen molar-refractivity contribution in [3.05, 3.63) is 42.1 Å². The summed E-state index contributed by atoms with van der Waals surface area (Å²) in [7, 11) is -1.92. The highest BCUT2D eigenvalue weighted by Crippen LogP contribution is 2.20. The first-order valence-electron chi connectivity index (χ1n) is 7.39. The number of sulfonamides is 1. The molecular formula is C15H18N4O4S. The van der Waals surface area contributed by atoms with E-state index >= 15 is 0 Å². The molecule has 1 aliphatic heterocycles. The average Bonchev–Trinajstić information content (AvgIpc) is 3.11. The van der Waals surface area contributed by atoms with Crippen molar-refractivity contribution in [1.29, 1.82) is 0 Å². The molecule has 2 heterocycles. The first kappa shape index (κ1) is 16.5. The second kappa shape index (κ2) is 6.25.